The van der Waals surface area contributed by atoms with E-state index in [4.69, 9.17) is 4.42 Å². The minimum Gasteiger partial charge on any atom is -0.456 e. The molecule has 9 aromatic carbocycles. The number of hydrogen-bond donors (Lipinski definition) is 0. The van der Waals surface area contributed by atoms with Crippen molar-refractivity contribution in [1.29, 1.82) is 0 Å². The third-order valence-corrected chi connectivity index (χ3v) is 11.8. The van der Waals surface area contributed by atoms with Gasteiger partial charge in [-0.3, -0.25) is 0 Å². The molecule has 0 aliphatic heterocycles. The first kappa shape index (κ1) is 27.6. The Morgan fingerprint density at radius 3 is 1.91 bits per heavy atom. The van der Waals surface area contributed by atoms with Crippen molar-refractivity contribution in [2.24, 2.45) is 0 Å². The minimum atomic E-state index is 0.899. The molecule has 3 nitrogen and oxygen atoms in total. The highest BCUT2D eigenvalue weighted by Gasteiger charge is 2.26. The third kappa shape index (κ3) is 3.44. The quantitative estimate of drug-likeness (QED) is 0.179. The Hall–Kier alpha value is -7.10. The molecule has 0 atom stereocenters. The van der Waals surface area contributed by atoms with Crippen molar-refractivity contribution in [3.8, 4) is 33.6 Å². The van der Waals surface area contributed by atoms with E-state index in [9.17, 15) is 0 Å². The van der Waals surface area contributed by atoms with Crippen LogP contribution in [0.15, 0.2) is 174 Å². The van der Waals surface area contributed by atoms with Crippen molar-refractivity contribution < 1.29 is 4.42 Å². The van der Waals surface area contributed by atoms with Gasteiger partial charge in [-0.1, -0.05) is 127 Å². The minimum absolute atomic E-state index is 0.899. The van der Waals surface area contributed by atoms with Gasteiger partial charge in [0.05, 0.1) is 33.4 Å². The van der Waals surface area contributed by atoms with Crippen LogP contribution in [0.25, 0.3) is 121 Å². The topological polar surface area (TPSA) is 23.0 Å². The summed E-state index contributed by atoms with van der Waals surface area (Å²) < 4.78 is 11.5. The summed E-state index contributed by atoms with van der Waals surface area (Å²) in [5, 5.41) is 12.2. The molecule has 1 aliphatic carbocycles. The predicted octanol–water partition coefficient (Wildman–Crippen LogP) is 13.7. The predicted molar refractivity (Wildman–Crippen MR) is 222 cm³/mol. The van der Waals surface area contributed by atoms with Crippen LogP contribution in [0, 0.1) is 0 Å². The van der Waals surface area contributed by atoms with Gasteiger partial charge in [0.1, 0.15) is 11.2 Å². The zero-order valence-corrected chi connectivity index (χ0v) is 28.5. The Bertz CT molecular complexity index is 3540. The molecule has 0 unspecified atom stereocenters. The van der Waals surface area contributed by atoms with Gasteiger partial charge >= 0.3 is 0 Å². The molecule has 53 heavy (non-hydrogen) atoms. The van der Waals surface area contributed by atoms with E-state index in [-0.39, 0.29) is 0 Å². The van der Waals surface area contributed by atoms with Gasteiger partial charge < -0.3 is 13.6 Å². The maximum atomic E-state index is 6.53. The first-order valence-corrected chi connectivity index (χ1v) is 18.3. The first-order valence-electron chi connectivity index (χ1n) is 18.3. The van der Waals surface area contributed by atoms with Crippen molar-refractivity contribution in [2.75, 3.05) is 0 Å². The van der Waals surface area contributed by atoms with Crippen molar-refractivity contribution >= 4 is 87.1 Å². The molecule has 3 heterocycles. The summed E-state index contributed by atoms with van der Waals surface area (Å²) in [6.45, 7) is 0. The molecule has 0 spiro atoms. The Balaban J connectivity index is 1.22. The summed E-state index contributed by atoms with van der Waals surface area (Å²) in [4.78, 5) is 0. The van der Waals surface area contributed by atoms with Gasteiger partial charge in [0.15, 0.2) is 0 Å². The average Bonchev–Trinajstić information content (AvgIpc) is 3.94. The number of fused-ring (bicyclic) bond motifs is 14. The van der Waals surface area contributed by atoms with E-state index in [1.807, 2.05) is 6.07 Å². The molecule has 0 bridgehead atoms. The summed E-state index contributed by atoms with van der Waals surface area (Å²) in [7, 11) is 0. The largest absolute Gasteiger partial charge is 0.456 e. The second-order valence-electron chi connectivity index (χ2n) is 14.4. The molecule has 0 saturated carbocycles. The van der Waals surface area contributed by atoms with Gasteiger partial charge in [0.25, 0.3) is 0 Å². The van der Waals surface area contributed by atoms with Crippen LogP contribution in [-0.4, -0.2) is 9.13 Å². The monoisotopic (exact) mass is 672 g/mol. The van der Waals surface area contributed by atoms with Gasteiger partial charge in [0, 0.05) is 49.2 Å². The molecule has 0 radical (unpaired) electrons. The zero-order valence-electron chi connectivity index (χ0n) is 28.5. The average molecular weight is 673 g/mol. The molecule has 3 aromatic heterocycles. The smallest absolute Gasteiger partial charge is 0.137 e. The Labute approximate surface area is 303 Å². The molecule has 0 saturated heterocycles. The fourth-order valence-corrected chi connectivity index (χ4v) is 9.67. The Morgan fingerprint density at radius 1 is 0.321 bits per heavy atom. The van der Waals surface area contributed by atoms with Crippen LogP contribution >= 0.6 is 0 Å². The van der Waals surface area contributed by atoms with Crippen LogP contribution in [0.3, 0.4) is 0 Å². The summed E-state index contributed by atoms with van der Waals surface area (Å²) in [5.74, 6) is 0. The molecular weight excluding hydrogens is 645 g/mol. The normalized spacial score (nSPS) is 12.5. The lowest BCUT2D eigenvalue weighted by atomic mass is 10.0. The molecule has 244 valence electrons. The summed E-state index contributed by atoms with van der Waals surface area (Å²) in [5.41, 5.74) is 14.1. The van der Waals surface area contributed by atoms with Crippen LogP contribution in [0.4, 0.5) is 0 Å². The Kier molecular flexibility index (Phi) is 5.11. The van der Waals surface area contributed by atoms with Crippen molar-refractivity contribution in [2.45, 2.75) is 0 Å². The van der Waals surface area contributed by atoms with E-state index < -0.39 is 0 Å². The maximum Gasteiger partial charge on any atom is 0.137 e. The van der Waals surface area contributed by atoms with Gasteiger partial charge in [-0.2, -0.15) is 0 Å². The SMILES string of the molecule is c1ccc2c(c1)-c1cccc3c(-n4c5ccccc5c5c4ccc4c6cc7c(cc6n(-c6cccc8ccccc68)c45)oc4ccccc47)ccc-2c13. The van der Waals surface area contributed by atoms with E-state index >= 15 is 0 Å². The highest BCUT2D eigenvalue weighted by atomic mass is 16.3. The number of furan rings is 1. The molecule has 0 N–H and O–H groups in total. The van der Waals surface area contributed by atoms with Crippen LogP contribution in [0.1, 0.15) is 0 Å². The second-order valence-corrected chi connectivity index (χ2v) is 14.4. The number of para-hydroxylation sites is 2. The van der Waals surface area contributed by atoms with Gasteiger partial charge in [-0.25, -0.2) is 0 Å². The fourth-order valence-electron chi connectivity index (χ4n) is 9.67. The number of aromatic nitrogens is 2. The van der Waals surface area contributed by atoms with E-state index in [1.54, 1.807) is 0 Å². The highest BCUT2D eigenvalue weighted by Crippen LogP contribution is 2.50. The lowest BCUT2D eigenvalue weighted by Gasteiger charge is -2.14. The number of hydrogen-bond acceptors (Lipinski definition) is 1. The summed E-state index contributed by atoms with van der Waals surface area (Å²) in [6, 6.07) is 62.3. The number of benzene rings is 9. The van der Waals surface area contributed by atoms with Crippen LogP contribution in [-0.2, 0) is 0 Å². The van der Waals surface area contributed by atoms with E-state index in [1.165, 1.54) is 87.6 Å². The van der Waals surface area contributed by atoms with Crippen LogP contribution in [0.5, 0.6) is 0 Å². The van der Waals surface area contributed by atoms with Gasteiger partial charge in [-0.05, 0) is 69.4 Å². The van der Waals surface area contributed by atoms with Crippen LogP contribution in [0.2, 0.25) is 0 Å². The molecule has 1 aliphatic rings. The van der Waals surface area contributed by atoms with E-state index in [0.717, 1.165) is 33.1 Å². The second kappa shape index (κ2) is 9.81. The maximum absolute atomic E-state index is 6.53. The first-order chi connectivity index (χ1) is 26.3. The van der Waals surface area contributed by atoms with Crippen molar-refractivity contribution in [3.05, 3.63) is 170 Å². The standard InChI is InChI=1S/C50H28N2O/c1-2-13-30-29(11-1)12-9-21-41(30)52-45-28-47-40(33-16-6-8-22-46(33)53-47)27-39(45)36-24-26-44-49(50(36)52)38-17-5-7-20-42(38)51(44)43-25-23-35-32-15-4-3-14-31(32)34-18-10-19-37(43)48(34)35/h1-28H. The summed E-state index contributed by atoms with van der Waals surface area (Å²) in [6.07, 6.45) is 0. The lowest BCUT2D eigenvalue weighted by molar-refractivity contribution is 0.669. The van der Waals surface area contributed by atoms with Gasteiger partial charge in [-0.15, -0.1) is 0 Å². The molecule has 0 amide bonds. The molecule has 3 heteroatoms. The molecule has 13 rings (SSSR count). The number of nitrogens with zero attached hydrogens (tertiary/aromatic N) is 2. The highest BCUT2D eigenvalue weighted by molar-refractivity contribution is 6.29. The fraction of sp³-hybridized carbons (Fsp3) is 0. The number of rotatable bonds is 2. The molecular formula is C50H28N2O. The zero-order chi connectivity index (χ0) is 34.4. The summed E-state index contributed by atoms with van der Waals surface area (Å²) >= 11 is 0. The molecule has 0 fully saturated rings. The van der Waals surface area contributed by atoms with Crippen molar-refractivity contribution in [1.82, 2.24) is 9.13 Å². The van der Waals surface area contributed by atoms with E-state index in [0.29, 0.717) is 0 Å². The third-order valence-electron chi connectivity index (χ3n) is 11.8. The molecule has 12 aromatic rings. The van der Waals surface area contributed by atoms with Gasteiger partial charge in [0.2, 0.25) is 0 Å². The lowest BCUT2D eigenvalue weighted by Crippen LogP contribution is -1.97. The van der Waals surface area contributed by atoms with Crippen molar-refractivity contribution in [3.63, 3.8) is 0 Å². The Morgan fingerprint density at radius 2 is 1.00 bits per heavy atom. The van der Waals surface area contributed by atoms with E-state index in [2.05, 4.69) is 173 Å². The van der Waals surface area contributed by atoms with Crippen LogP contribution < -0.4 is 0 Å².